The molecule has 1 unspecified atom stereocenters. The number of unbranched alkanes of at least 4 members (excludes halogenated alkanes) is 1. The van der Waals surface area contributed by atoms with Crippen LogP contribution >= 0.6 is 0 Å². The lowest BCUT2D eigenvalue weighted by atomic mass is 9.73. The van der Waals surface area contributed by atoms with Crippen molar-refractivity contribution < 1.29 is 22.8 Å². The third kappa shape index (κ3) is 6.21. The molecule has 0 bridgehead atoms. The van der Waals surface area contributed by atoms with Crippen LogP contribution in [0.5, 0.6) is 0 Å². The minimum Gasteiger partial charge on any atom is -0.353 e. The number of amides is 2. The van der Waals surface area contributed by atoms with E-state index in [1.165, 1.54) is 5.56 Å². The summed E-state index contributed by atoms with van der Waals surface area (Å²) in [6, 6.07) is 25.6. The molecule has 1 saturated heterocycles. The van der Waals surface area contributed by atoms with Gasteiger partial charge in [-0.1, -0.05) is 85.3 Å². The summed E-state index contributed by atoms with van der Waals surface area (Å²) < 4.78 is 39.3. The Morgan fingerprint density at radius 2 is 1.44 bits per heavy atom. The summed E-state index contributed by atoms with van der Waals surface area (Å²) in [5.41, 5.74) is 3.45. The van der Waals surface area contributed by atoms with Crippen molar-refractivity contribution in [1.82, 2.24) is 15.5 Å². The van der Waals surface area contributed by atoms with Gasteiger partial charge in [0, 0.05) is 25.0 Å². The summed E-state index contributed by atoms with van der Waals surface area (Å²) in [5, 5.41) is 5.49. The molecule has 2 aliphatic carbocycles. The van der Waals surface area contributed by atoms with Crippen molar-refractivity contribution in [2.24, 2.45) is 5.92 Å². The maximum Gasteiger partial charge on any atom is 0.405 e. The summed E-state index contributed by atoms with van der Waals surface area (Å²) >= 11 is 0. The molecule has 0 radical (unpaired) electrons. The topological polar surface area (TPSA) is 61.4 Å². The van der Waals surface area contributed by atoms with Crippen LogP contribution in [0.1, 0.15) is 61.1 Å². The van der Waals surface area contributed by atoms with Gasteiger partial charge in [0.1, 0.15) is 12.0 Å². The minimum absolute atomic E-state index is 0.0759. The van der Waals surface area contributed by atoms with E-state index in [-0.39, 0.29) is 17.9 Å². The van der Waals surface area contributed by atoms with E-state index in [4.69, 9.17) is 0 Å². The van der Waals surface area contributed by atoms with Crippen molar-refractivity contribution in [1.29, 1.82) is 0 Å². The van der Waals surface area contributed by atoms with Gasteiger partial charge >= 0.3 is 6.18 Å². The van der Waals surface area contributed by atoms with Gasteiger partial charge in [0.15, 0.2) is 0 Å². The molecule has 2 fully saturated rings. The van der Waals surface area contributed by atoms with E-state index in [1.54, 1.807) is 0 Å². The molecule has 1 heterocycles. The van der Waals surface area contributed by atoms with Crippen LogP contribution in [0.2, 0.25) is 0 Å². The third-order valence-electron chi connectivity index (χ3n) is 9.47. The Kier molecular flexibility index (Phi) is 8.32. The first-order valence-corrected chi connectivity index (χ1v) is 15.4. The molecule has 1 aliphatic heterocycles. The lowest BCUT2D eigenvalue weighted by Gasteiger charge is -2.33. The molecule has 43 heavy (non-hydrogen) atoms. The minimum atomic E-state index is -4.48. The molecule has 3 aromatic carbocycles. The summed E-state index contributed by atoms with van der Waals surface area (Å²) in [6.45, 7) is 1.28. The van der Waals surface area contributed by atoms with Crippen LogP contribution in [0.4, 0.5) is 13.2 Å². The number of carbonyl (C=O) groups excluding carboxylic acids is 2. The second-order valence-corrected chi connectivity index (χ2v) is 12.2. The summed E-state index contributed by atoms with van der Waals surface area (Å²) in [4.78, 5) is 28.9. The fourth-order valence-electron chi connectivity index (χ4n) is 7.17. The number of hydrogen-bond acceptors (Lipinski definition) is 3. The van der Waals surface area contributed by atoms with E-state index in [0.717, 1.165) is 67.6 Å². The van der Waals surface area contributed by atoms with Crippen LogP contribution in [0, 0.1) is 5.92 Å². The number of benzene rings is 3. The Morgan fingerprint density at radius 3 is 2.07 bits per heavy atom. The molecule has 226 valence electrons. The Balaban J connectivity index is 1.03. The van der Waals surface area contributed by atoms with Gasteiger partial charge < -0.3 is 15.5 Å². The highest BCUT2D eigenvalue weighted by Gasteiger charge is 2.49. The number of hydrogen-bond donors (Lipinski definition) is 2. The number of nitrogens with zero attached hydrogens (tertiary/aromatic N) is 1. The lowest BCUT2D eigenvalue weighted by molar-refractivity contribution is -0.141. The van der Waals surface area contributed by atoms with Crippen molar-refractivity contribution in [2.45, 2.75) is 62.1 Å². The predicted octanol–water partition coefficient (Wildman–Crippen LogP) is 6.19. The van der Waals surface area contributed by atoms with Gasteiger partial charge in [0.2, 0.25) is 11.8 Å². The molecule has 1 saturated carbocycles. The van der Waals surface area contributed by atoms with E-state index in [2.05, 4.69) is 27.7 Å². The van der Waals surface area contributed by atoms with Gasteiger partial charge in [0.25, 0.3) is 0 Å². The zero-order valence-corrected chi connectivity index (χ0v) is 24.2. The second kappa shape index (κ2) is 12.2. The second-order valence-electron chi connectivity index (χ2n) is 12.2. The van der Waals surface area contributed by atoms with Crippen molar-refractivity contribution in [3.63, 3.8) is 0 Å². The summed E-state index contributed by atoms with van der Waals surface area (Å²) in [7, 11) is 0. The van der Waals surface area contributed by atoms with Gasteiger partial charge in [0.05, 0.1) is 0 Å². The number of rotatable bonds is 10. The molecule has 6 rings (SSSR count). The Labute approximate surface area is 250 Å². The van der Waals surface area contributed by atoms with E-state index in [1.807, 2.05) is 66.7 Å². The molecule has 8 heteroatoms. The van der Waals surface area contributed by atoms with Crippen LogP contribution in [-0.2, 0) is 15.0 Å². The standard InChI is InChI=1S/C35H38F3N3O2/c36-35(37,38)23-39-33(43)34(30-14-6-4-12-26(30)27-13-5-7-15-31(27)34)18-8-9-19-41-20-16-25(17-21-41)40-32(42)29-22-28(29)24-10-2-1-3-11-24/h1-7,10-15,25,28-29H,8-9,16-23H2,(H,39,43)(H,40,42)/t28-,29?/m0/s1. The number of halogens is 3. The van der Waals surface area contributed by atoms with E-state index in [9.17, 15) is 22.8 Å². The van der Waals surface area contributed by atoms with Crippen molar-refractivity contribution in [3.05, 3.63) is 95.6 Å². The van der Waals surface area contributed by atoms with Gasteiger partial charge in [-0.25, -0.2) is 0 Å². The van der Waals surface area contributed by atoms with Crippen molar-refractivity contribution in [2.75, 3.05) is 26.2 Å². The molecule has 3 aromatic rings. The summed E-state index contributed by atoms with van der Waals surface area (Å²) in [6.07, 6.45) is 0.193. The number of fused-ring (bicyclic) bond motifs is 3. The molecule has 5 nitrogen and oxygen atoms in total. The molecule has 3 aliphatic rings. The molecular weight excluding hydrogens is 551 g/mol. The first-order chi connectivity index (χ1) is 20.8. The molecule has 0 aromatic heterocycles. The zero-order chi connectivity index (χ0) is 30.0. The van der Waals surface area contributed by atoms with Crippen LogP contribution in [0.25, 0.3) is 11.1 Å². The normalized spacial score (nSPS) is 21.1. The van der Waals surface area contributed by atoms with E-state index in [0.29, 0.717) is 18.8 Å². The Bertz CT molecular complexity index is 1400. The monoisotopic (exact) mass is 589 g/mol. The highest BCUT2D eigenvalue weighted by molar-refractivity contribution is 6.00. The summed E-state index contributed by atoms with van der Waals surface area (Å²) in [5.74, 6) is -0.0201. The fraction of sp³-hybridized carbons (Fsp3) is 0.429. The Hall–Kier alpha value is -3.65. The van der Waals surface area contributed by atoms with Gasteiger partial charge in [-0.3, -0.25) is 9.59 Å². The molecular formula is C35H38F3N3O2. The molecule has 2 amide bonds. The van der Waals surface area contributed by atoms with E-state index < -0.39 is 24.0 Å². The number of alkyl halides is 3. The first kappa shape index (κ1) is 29.4. The number of likely N-dealkylation sites (tertiary alicyclic amines) is 1. The van der Waals surface area contributed by atoms with Crippen LogP contribution in [0.15, 0.2) is 78.9 Å². The molecule has 0 spiro atoms. The van der Waals surface area contributed by atoms with Crippen LogP contribution < -0.4 is 10.6 Å². The predicted molar refractivity (Wildman–Crippen MR) is 160 cm³/mol. The number of nitrogens with one attached hydrogen (secondary N) is 2. The third-order valence-corrected chi connectivity index (χ3v) is 9.47. The van der Waals surface area contributed by atoms with Crippen molar-refractivity contribution in [3.8, 4) is 11.1 Å². The highest BCUT2D eigenvalue weighted by atomic mass is 19.4. The van der Waals surface area contributed by atoms with Gasteiger partial charge in [-0.2, -0.15) is 13.2 Å². The van der Waals surface area contributed by atoms with E-state index >= 15 is 0 Å². The van der Waals surface area contributed by atoms with Crippen molar-refractivity contribution >= 4 is 11.8 Å². The highest BCUT2D eigenvalue weighted by Crippen LogP contribution is 2.52. The first-order valence-electron chi connectivity index (χ1n) is 15.4. The zero-order valence-electron chi connectivity index (χ0n) is 24.2. The Morgan fingerprint density at radius 1 is 0.837 bits per heavy atom. The number of carbonyl (C=O) groups is 2. The van der Waals surface area contributed by atoms with Crippen LogP contribution in [0.3, 0.4) is 0 Å². The smallest absolute Gasteiger partial charge is 0.353 e. The lowest BCUT2D eigenvalue weighted by Crippen LogP contribution is -2.47. The SMILES string of the molecule is O=C(NC1CCN(CCCCC2(C(=O)NCC(F)(F)F)c3ccccc3-c3ccccc32)CC1)C1C[C@H]1c1ccccc1. The molecule has 2 N–H and O–H groups in total. The fourth-order valence-corrected chi connectivity index (χ4v) is 7.17. The average molecular weight is 590 g/mol. The maximum atomic E-state index is 13.7. The van der Waals surface area contributed by atoms with Gasteiger partial charge in [-0.05, 0) is 72.4 Å². The average Bonchev–Trinajstić information content (AvgIpc) is 3.77. The molecule has 2 atom stereocenters. The number of piperidine rings is 1. The largest absolute Gasteiger partial charge is 0.405 e. The van der Waals surface area contributed by atoms with Crippen LogP contribution in [-0.4, -0.2) is 55.1 Å². The van der Waals surface area contributed by atoms with Gasteiger partial charge in [-0.15, -0.1) is 0 Å². The maximum absolute atomic E-state index is 13.7. The quantitative estimate of drug-likeness (QED) is 0.278.